The molecule has 4 rings (SSSR count). The molecule has 0 radical (unpaired) electrons. The van der Waals surface area contributed by atoms with Gasteiger partial charge in [0.1, 0.15) is 6.10 Å². The van der Waals surface area contributed by atoms with Gasteiger partial charge in [-0.25, -0.2) is 0 Å². The van der Waals surface area contributed by atoms with Crippen LogP contribution in [-0.4, -0.2) is 86.4 Å². The highest BCUT2D eigenvalue weighted by molar-refractivity contribution is 14.0. The van der Waals surface area contributed by atoms with Crippen LogP contribution in [0.3, 0.4) is 0 Å². The van der Waals surface area contributed by atoms with E-state index >= 15 is 0 Å². The van der Waals surface area contributed by atoms with E-state index in [9.17, 15) is 4.79 Å². The fourth-order valence-corrected chi connectivity index (χ4v) is 5.37. The molecule has 4 fully saturated rings. The van der Waals surface area contributed by atoms with Gasteiger partial charge in [0.05, 0.1) is 6.10 Å². The molecule has 1 N–H and O–H groups in total. The van der Waals surface area contributed by atoms with Crippen LogP contribution in [0.5, 0.6) is 0 Å². The first kappa shape index (κ1) is 22.1. The molecule has 4 atom stereocenters. The van der Waals surface area contributed by atoms with Crippen LogP contribution in [0.15, 0.2) is 4.99 Å². The van der Waals surface area contributed by atoms with E-state index < -0.39 is 0 Å². The minimum absolute atomic E-state index is 0. The monoisotopic (exact) mass is 506 g/mol. The summed E-state index contributed by atoms with van der Waals surface area (Å²) in [6.07, 6.45) is 4.39. The smallest absolute Gasteiger partial charge is 0.251 e. The van der Waals surface area contributed by atoms with Crippen molar-refractivity contribution in [2.24, 2.45) is 16.3 Å². The van der Waals surface area contributed by atoms with Crippen molar-refractivity contribution in [1.82, 2.24) is 15.1 Å². The molecule has 160 valence electrons. The number of halogens is 1. The summed E-state index contributed by atoms with van der Waals surface area (Å²) in [6.45, 7) is 9.31. The predicted octanol–water partition coefficient (Wildman–Crippen LogP) is 1.71. The fourth-order valence-electron chi connectivity index (χ4n) is 5.37. The highest BCUT2D eigenvalue weighted by atomic mass is 127. The summed E-state index contributed by atoms with van der Waals surface area (Å²) in [4.78, 5) is 21.3. The number of carbonyl (C=O) groups excluding carboxylic acids is 1. The third-order valence-electron chi connectivity index (χ3n) is 6.92. The van der Waals surface area contributed by atoms with Crippen LogP contribution >= 0.6 is 24.0 Å². The lowest BCUT2D eigenvalue weighted by atomic mass is 9.55. The molecule has 0 aromatic heterocycles. The van der Waals surface area contributed by atoms with Crippen LogP contribution in [-0.2, 0) is 14.3 Å². The summed E-state index contributed by atoms with van der Waals surface area (Å²) >= 11 is 0. The van der Waals surface area contributed by atoms with Crippen molar-refractivity contribution in [3.63, 3.8) is 0 Å². The van der Waals surface area contributed by atoms with Crippen molar-refractivity contribution in [3.8, 4) is 0 Å². The molecule has 0 aromatic carbocycles. The summed E-state index contributed by atoms with van der Waals surface area (Å²) < 4.78 is 11.6. The van der Waals surface area contributed by atoms with Gasteiger partial charge < -0.3 is 24.6 Å². The van der Waals surface area contributed by atoms with E-state index in [2.05, 4.69) is 29.1 Å². The number of ether oxygens (including phenoxy) is 2. The molecular weight excluding hydrogens is 471 g/mol. The zero-order chi connectivity index (χ0) is 19.0. The number of nitrogens with zero attached hydrogens (tertiary/aromatic N) is 3. The zero-order valence-corrected chi connectivity index (χ0v) is 19.7. The largest absolute Gasteiger partial charge is 0.377 e. The number of guanidine groups is 1. The highest BCUT2D eigenvalue weighted by Crippen LogP contribution is 2.51. The number of rotatable bonds is 2. The second kappa shape index (κ2) is 9.04. The lowest BCUT2D eigenvalue weighted by Crippen LogP contribution is -2.71. The molecule has 0 spiro atoms. The Balaban J connectivity index is 0.00000225. The first-order valence-electron chi connectivity index (χ1n) is 10.5. The Kier molecular flexibility index (Phi) is 7.13. The second-order valence-electron chi connectivity index (χ2n) is 8.90. The van der Waals surface area contributed by atoms with Gasteiger partial charge >= 0.3 is 0 Å². The van der Waals surface area contributed by atoms with Gasteiger partial charge in [-0.05, 0) is 25.7 Å². The molecule has 7 nitrogen and oxygen atoms in total. The maximum Gasteiger partial charge on any atom is 0.251 e. The lowest BCUT2D eigenvalue weighted by molar-refractivity contribution is -0.188. The Morgan fingerprint density at radius 1 is 1.04 bits per heavy atom. The number of hydrogen-bond donors (Lipinski definition) is 1. The average molecular weight is 506 g/mol. The van der Waals surface area contributed by atoms with Crippen molar-refractivity contribution < 1.29 is 14.3 Å². The van der Waals surface area contributed by atoms with Crippen molar-refractivity contribution in [1.29, 1.82) is 0 Å². The molecule has 1 saturated carbocycles. The van der Waals surface area contributed by atoms with E-state index in [0.29, 0.717) is 18.1 Å². The van der Waals surface area contributed by atoms with E-state index in [1.165, 1.54) is 6.42 Å². The van der Waals surface area contributed by atoms with Crippen LogP contribution in [0.4, 0.5) is 0 Å². The van der Waals surface area contributed by atoms with Gasteiger partial charge in [-0.2, -0.15) is 0 Å². The van der Waals surface area contributed by atoms with Crippen LogP contribution in [0, 0.1) is 11.3 Å². The van der Waals surface area contributed by atoms with Gasteiger partial charge in [0.15, 0.2) is 5.96 Å². The van der Waals surface area contributed by atoms with Crippen molar-refractivity contribution in [2.75, 3.05) is 46.4 Å². The molecule has 3 heterocycles. The highest BCUT2D eigenvalue weighted by Gasteiger charge is 2.58. The summed E-state index contributed by atoms with van der Waals surface area (Å²) in [5, 5.41) is 3.73. The molecule has 8 heteroatoms. The van der Waals surface area contributed by atoms with Gasteiger partial charge in [0, 0.05) is 63.8 Å². The first-order valence-corrected chi connectivity index (χ1v) is 10.5. The van der Waals surface area contributed by atoms with Gasteiger partial charge in [-0.15, -0.1) is 24.0 Å². The Labute approximate surface area is 185 Å². The molecule has 4 aliphatic rings. The van der Waals surface area contributed by atoms with Crippen LogP contribution in [0.2, 0.25) is 0 Å². The standard InChI is InChI=1S/C20H34N4O3.HI/c1-20(2)16(14-6-4-13-27-17(14)20)22-19(21-3)24-10-8-23(9-11-24)18(25)15-7-5-12-26-15;/h14-17H,4-13H2,1-3H3,(H,21,22);1H. The van der Waals surface area contributed by atoms with E-state index in [1.54, 1.807) is 0 Å². The van der Waals surface area contributed by atoms with E-state index in [1.807, 2.05) is 11.9 Å². The van der Waals surface area contributed by atoms with E-state index in [-0.39, 0.29) is 41.4 Å². The van der Waals surface area contributed by atoms with E-state index in [4.69, 9.17) is 9.47 Å². The number of fused-ring (bicyclic) bond motifs is 1. The number of carbonyl (C=O) groups is 1. The number of hydrogen-bond acceptors (Lipinski definition) is 4. The molecule has 1 aliphatic carbocycles. The Bertz CT molecular complexity index is 586. The van der Waals surface area contributed by atoms with Crippen LogP contribution in [0.1, 0.15) is 39.5 Å². The fraction of sp³-hybridized carbons (Fsp3) is 0.900. The summed E-state index contributed by atoms with van der Waals surface area (Å²) in [6, 6.07) is 0.396. The SMILES string of the molecule is CN=C(NC1C2CCCOC2C1(C)C)N1CCN(C(=O)C2CCCO2)CC1.I. The summed E-state index contributed by atoms with van der Waals surface area (Å²) in [5.74, 6) is 1.70. The van der Waals surface area contributed by atoms with Gasteiger partial charge in [-0.1, -0.05) is 13.8 Å². The maximum atomic E-state index is 12.5. The van der Waals surface area contributed by atoms with Crippen LogP contribution in [0.25, 0.3) is 0 Å². The zero-order valence-electron chi connectivity index (χ0n) is 17.4. The number of amides is 1. The maximum absolute atomic E-state index is 12.5. The predicted molar refractivity (Wildman–Crippen MR) is 119 cm³/mol. The molecule has 3 aliphatic heterocycles. The summed E-state index contributed by atoms with van der Waals surface area (Å²) in [5.41, 5.74) is 0.124. The van der Waals surface area contributed by atoms with E-state index in [0.717, 1.165) is 64.6 Å². The molecule has 0 bridgehead atoms. The van der Waals surface area contributed by atoms with Crippen molar-refractivity contribution in [3.05, 3.63) is 0 Å². The molecule has 3 saturated heterocycles. The topological polar surface area (TPSA) is 66.4 Å². The van der Waals surface area contributed by atoms with Crippen molar-refractivity contribution in [2.45, 2.75) is 57.8 Å². The molecule has 1 amide bonds. The number of aliphatic imine (C=N–C) groups is 1. The third kappa shape index (κ3) is 4.01. The Morgan fingerprint density at radius 2 is 1.68 bits per heavy atom. The second-order valence-corrected chi connectivity index (χ2v) is 8.90. The normalized spacial score (nSPS) is 34.9. The molecule has 28 heavy (non-hydrogen) atoms. The van der Waals surface area contributed by atoms with Gasteiger partial charge in [0.25, 0.3) is 5.91 Å². The van der Waals surface area contributed by atoms with Gasteiger partial charge in [-0.3, -0.25) is 9.79 Å². The quantitative estimate of drug-likeness (QED) is 0.351. The summed E-state index contributed by atoms with van der Waals surface area (Å²) in [7, 11) is 1.85. The van der Waals surface area contributed by atoms with Crippen molar-refractivity contribution >= 4 is 35.8 Å². The third-order valence-corrected chi connectivity index (χ3v) is 6.92. The molecule has 0 aromatic rings. The minimum atomic E-state index is -0.215. The van der Waals surface area contributed by atoms with Crippen LogP contribution < -0.4 is 5.32 Å². The Morgan fingerprint density at radius 3 is 2.32 bits per heavy atom. The molecule has 4 unspecified atom stereocenters. The number of nitrogens with one attached hydrogen (secondary N) is 1. The lowest BCUT2D eigenvalue weighted by Gasteiger charge is -2.60. The first-order chi connectivity index (χ1) is 13.0. The average Bonchev–Trinajstić information content (AvgIpc) is 3.23. The minimum Gasteiger partial charge on any atom is -0.377 e. The number of piperazine rings is 1. The van der Waals surface area contributed by atoms with Gasteiger partial charge in [0.2, 0.25) is 0 Å². The Hall–Kier alpha value is -0.610. The molecular formula is C20H35IN4O3.